The molecule has 5 heavy (non-hydrogen) atoms. The lowest BCUT2D eigenvalue weighted by molar-refractivity contribution is 0.154. The zero-order chi connectivity index (χ0) is 4.12. The molecule has 0 aromatic heterocycles. The van der Waals surface area contributed by atoms with Gasteiger partial charge in [-0.3, -0.25) is 5.39 Å². The van der Waals surface area contributed by atoms with Crippen molar-refractivity contribution in [2.24, 2.45) is 0 Å². The lowest BCUT2D eigenvalue weighted by atomic mass is 10.0. The molecule has 0 heterocycles. The Labute approximate surface area is 32.7 Å². The van der Waals surface area contributed by atoms with Gasteiger partial charge in [-0.1, -0.05) is 6.82 Å². The van der Waals surface area contributed by atoms with Gasteiger partial charge in [0.2, 0.25) is 7.41 Å². The Bertz CT molecular complexity index is 17.1. The van der Waals surface area contributed by atoms with E-state index in [-0.39, 0.29) is 0 Å². The molecule has 1 N–H and O–H groups in total. The van der Waals surface area contributed by atoms with Crippen LogP contribution >= 0.6 is 0 Å². The largest absolute Gasteiger partial charge is 0.317 e. The number of rotatable bonds is 2. The summed E-state index contributed by atoms with van der Waals surface area (Å²) in [7, 11) is 3.28. The monoisotopic (exact) mass is 72.1 g/mol. The van der Waals surface area contributed by atoms with E-state index in [2.05, 4.69) is 10.2 Å². The summed E-state index contributed by atoms with van der Waals surface area (Å²) in [5.74, 6) is 0. The summed E-state index contributed by atoms with van der Waals surface area (Å²) in [4.78, 5) is 4.39. The van der Waals surface area contributed by atoms with Crippen molar-refractivity contribution in [3.63, 3.8) is 0 Å². The molecule has 0 rings (SSSR count). The van der Waals surface area contributed by atoms with Crippen LogP contribution in [-0.2, 0) is 4.84 Å². The Morgan fingerprint density at radius 2 is 2.40 bits per heavy atom. The van der Waals surface area contributed by atoms with Crippen LogP contribution in [0.1, 0.15) is 0 Å². The average Bonchev–Trinajstić information content (AvgIpc) is 1.41. The number of hydrogen-bond acceptors (Lipinski definition) is 2. The minimum Gasteiger partial charge on any atom is -0.317 e. The lowest BCUT2D eigenvalue weighted by Crippen LogP contribution is -2.12. The molecule has 0 aliphatic heterocycles. The van der Waals surface area contributed by atoms with Gasteiger partial charge in [-0.2, -0.15) is 0 Å². The maximum atomic E-state index is 4.39. The first kappa shape index (κ1) is 4.98. The van der Waals surface area contributed by atoms with E-state index < -0.39 is 0 Å². The summed E-state index contributed by atoms with van der Waals surface area (Å²) in [5.41, 5.74) is 0. The lowest BCUT2D eigenvalue weighted by Gasteiger charge is -1.87. The van der Waals surface area contributed by atoms with Gasteiger partial charge < -0.3 is 4.84 Å². The van der Waals surface area contributed by atoms with Crippen LogP contribution in [0, 0.1) is 0 Å². The summed E-state index contributed by atoms with van der Waals surface area (Å²) in [5, 5.41) is 2.49. The molecule has 3 heteroatoms. The van der Waals surface area contributed by atoms with E-state index in [1.165, 1.54) is 0 Å². The molecule has 29 valence electrons. The molecule has 0 fully saturated rings. The van der Waals surface area contributed by atoms with Crippen LogP contribution in [0.5, 0.6) is 0 Å². The highest BCUT2D eigenvalue weighted by molar-refractivity contribution is 6.29. The van der Waals surface area contributed by atoms with E-state index in [1.54, 1.807) is 14.5 Å². The van der Waals surface area contributed by atoms with Crippen molar-refractivity contribution in [1.82, 2.24) is 5.39 Å². The predicted molar refractivity (Wildman–Crippen MR) is 21.8 cm³/mol. The Kier molecular flexibility index (Phi) is 3.97. The highest BCUT2D eigenvalue weighted by Crippen LogP contribution is 1.43. The summed E-state index contributed by atoms with van der Waals surface area (Å²) in [6.45, 7) is 1.85. The van der Waals surface area contributed by atoms with Crippen LogP contribution in [0.4, 0.5) is 0 Å². The van der Waals surface area contributed by atoms with Gasteiger partial charge in [-0.05, 0) is 0 Å². The second-order valence-corrected chi connectivity index (χ2v) is 0.611. The maximum absolute atomic E-state index is 4.39. The summed E-state index contributed by atoms with van der Waals surface area (Å²) < 4.78 is 0. The molecular formula is C2H7BNO. The molecule has 0 atom stereocenters. The second kappa shape index (κ2) is 3.98. The van der Waals surface area contributed by atoms with Crippen LogP contribution in [-0.4, -0.2) is 14.5 Å². The van der Waals surface area contributed by atoms with Gasteiger partial charge in [0.25, 0.3) is 0 Å². The van der Waals surface area contributed by atoms with Gasteiger partial charge in [-0.25, -0.2) is 0 Å². The first-order valence-corrected chi connectivity index (χ1v) is 1.48. The molecule has 0 aromatic carbocycles. The highest BCUT2D eigenvalue weighted by atomic mass is 16.6. The average molecular weight is 71.9 g/mol. The third-order valence-corrected chi connectivity index (χ3v) is 0.236. The quantitative estimate of drug-likeness (QED) is 0.360. The van der Waals surface area contributed by atoms with E-state index in [0.29, 0.717) is 0 Å². The van der Waals surface area contributed by atoms with Crippen LogP contribution < -0.4 is 5.39 Å². The van der Waals surface area contributed by atoms with Crippen molar-refractivity contribution < 1.29 is 4.84 Å². The smallest absolute Gasteiger partial charge is 0.238 e. The van der Waals surface area contributed by atoms with E-state index in [1.807, 2.05) is 6.82 Å². The molecular weight excluding hydrogens is 64.8 g/mol. The SMILES string of the molecule is C[B]NOC. The van der Waals surface area contributed by atoms with Crippen molar-refractivity contribution in [1.29, 1.82) is 0 Å². The van der Waals surface area contributed by atoms with E-state index in [4.69, 9.17) is 0 Å². The van der Waals surface area contributed by atoms with Crippen molar-refractivity contribution in [3.8, 4) is 0 Å². The van der Waals surface area contributed by atoms with Gasteiger partial charge in [0.1, 0.15) is 0 Å². The Hall–Kier alpha value is -0.0151. The molecule has 1 radical (unpaired) electrons. The Morgan fingerprint density at radius 1 is 1.80 bits per heavy atom. The fourth-order valence-corrected chi connectivity index (χ4v) is 0.118. The molecule has 0 saturated heterocycles. The Morgan fingerprint density at radius 3 is 2.40 bits per heavy atom. The minimum atomic E-state index is 1.57. The fraction of sp³-hybridized carbons (Fsp3) is 1.00. The molecule has 0 aliphatic carbocycles. The molecule has 0 aromatic rings. The summed E-state index contributed by atoms with van der Waals surface area (Å²) in [6, 6.07) is 0. The van der Waals surface area contributed by atoms with Gasteiger partial charge >= 0.3 is 0 Å². The third-order valence-electron chi connectivity index (χ3n) is 0.236. The van der Waals surface area contributed by atoms with E-state index >= 15 is 0 Å². The molecule has 0 amide bonds. The topological polar surface area (TPSA) is 21.3 Å². The summed E-state index contributed by atoms with van der Waals surface area (Å²) >= 11 is 0. The van der Waals surface area contributed by atoms with Crippen molar-refractivity contribution in [3.05, 3.63) is 0 Å². The fourth-order valence-electron chi connectivity index (χ4n) is 0.118. The van der Waals surface area contributed by atoms with Crippen molar-refractivity contribution in [2.75, 3.05) is 7.11 Å². The minimum absolute atomic E-state index is 1.57. The normalized spacial score (nSPS) is 7.60. The first-order valence-electron chi connectivity index (χ1n) is 1.48. The maximum Gasteiger partial charge on any atom is 0.238 e. The van der Waals surface area contributed by atoms with Crippen molar-refractivity contribution >= 4 is 7.41 Å². The molecule has 0 saturated carbocycles. The van der Waals surface area contributed by atoms with Crippen molar-refractivity contribution in [2.45, 2.75) is 6.82 Å². The van der Waals surface area contributed by atoms with Gasteiger partial charge in [0.15, 0.2) is 0 Å². The number of nitrogens with one attached hydrogen (secondary N) is 1. The van der Waals surface area contributed by atoms with Gasteiger partial charge in [0, 0.05) is 0 Å². The zero-order valence-electron chi connectivity index (χ0n) is 3.49. The highest BCUT2D eigenvalue weighted by Gasteiger charge is 1.66. The predicted octanol–water partition coefficient (Wildman–Crippen LogP) is -0.195. The standard InChI is InChI=1S/C2H7BNO/c1-3-4-5-2/h4H,1-2H3. The first-order chi connectivity index (χ1) is 2.41. The molecule has 0 spiro atoms. The molecule has 2 nitrogen and oxygen atoms in total. The van der Waals surface area contributed by atoms with Crippen LogP contribution in [0.2, 0.25) is 6.82 Å². The zero-order valence-corrected chi connectivity index (χ0v) is 3.49. The Balaban J connectivity index is 2.19. The van der Waals surface area contributed by atoms with Gasteiger partial charge in [0.05, 0.1) is 7.11 Å². The second-order valence-electron chi connectivity index (χ2n) is 0.611. The summed E-state index contributed by atoms with van der Waals surface area (Å²) in [6.07, 6.45) is 0. The van der Waals surface area contributed by atoms with Crippen LogP contribution in [0.15, 0.2) is 0 Å². The van der Waals surface area contributed by atoms with E-state index in [0.717, 1.165) is 0 Å². The molecule has 0 aliphatic rings. The number of hydrogen-bond donors (Lipinski definition) is 1. The van der Waals surface area contributed by atoms with Crippen LogP contribution in [0.3, 0.4) is 0 Å². The van der Waals surface area contributed by atoms with Gasteiger partial charge in [-0.15, -0.1) is 0 Å². The molecule has 0 bridgehead atoms. The van der Waals surface area contributed by atoms with Crippen LogP contribution in [0.25, 0.3) is 0 Å². The van der Waals surface area contributed by atoms with E-state index in [9.17, 15) is 0 Å². The third kappa shape index (κ3) is 3.98. The molecule has 0 unspecified atom stereocenters.